The number of aromatic nitrogens is 2. The van der Waals surface area contributed by atoms with Gasteiger partial charge >= 0.3 is 5.97 Å². The van der Waals surface area contributed by atoms with Gasteiger partial charge in [0.05, 0.1) is 5.92 Å². The molecule has 0 amide bonds. The fourth-order valence-corrected chi connectivity index (χ4v) is 1.97. The van der Waals surface area contributed by atoms with Gasteiger partial charge in [0.15, 0.2) is 0 Å². The molecule has 1 unspecified atom stereocenters. The monoisotopic (exact) mass is 221 g/mol. The van der Waals surface area contributed by atoms with Gasteiger partial charge in [-0.2, -0.15) is 0 Å². The maximum atomic E-state index is 10.7. The van der Waals surface area contributed by atoms with Crippen LogP contribution >= 0.6 is 0 Å². The Morgan fingerprint density at radius 1 is 1.50 bits per heavy atom. The van der Waals surface area contributed by atoms with Gasteiger partial charge in [-0.15, -0.1) is 0 Å². The molecule has 3 N–H and O–H groups in total. The van der Waals surface area contributed by atoms with Gasteiger partial charge in [-0.25, -0.2) is 9.97 Å². The smallest absolute Gasteiger partial charge is 0.306 e. The van der Waals surface area contributed by atoms with Crippen molar-refractivity contribution < 1.29 is 9.90 Å². The third-order valence-electron chi connectivity index (χ3n) is 2.92. The molecule has 0 fully saturated rings. The second-order valence-corrected chi connectivity index (χ2v) is 4.25. The van der Waals surface area contributed by atoms with Crippen molar-refractivity contribution in [1.29, 1.82) is 0 Å². The van der Waals surface area contributed by atoms with Crippen LogP contribution in [-0.2, 0) is 24.1 Å². The second kappa shape index (κ2) is 4.08. The molecule has 0 spiro atoms. The number of nitrogens with two attached hydrogens (primary N) is 1. The van der Waals surface area contributed by atoms with E-state index in [4.69, 9.17) is 10.8 Å². The minimum atomic E-state index is -0.831. The Hall–Kier alpha value is -1.65. The van der Waals surface area contributed by atoms with Crippen LogP contribution < -0.4 is 5.73 Å². The summed E-state index contributed by atoms with van der Waals surface area (Å²) in [7, 11) is 0. The molecule has 0 bridgehead atoms. The van der Waals surface area contributed by atoms with E-state index in [9.17, 15) is 4.79 Å². The van der Waals surface area contributed by atoms with Crippen LogP contribution in [-0.4, -0.2) is 21.0 Å². The number of nitrogens with zero attached hydrogens (tertiary/aromatic N) is 2. The standard InChI is InChI=1S/C11H15N3O2/c1-6(11(15)16)5-9-13-8-4-2-3-7(8)10(12)14-9/h6H,2-5H2,1H3,(H,15,16)(H2,12,13,14). The number of aliphatic carboxylic acids is 1. The highest BCUT2D eigenvalue weighted by molar-refractivity contribution is 5.69. The Balaban J connectivity index is 2.23. The van der Waals surface area contributed by atoms with E-state index in [1.165, 1.54) is 0 Å². The highest BCUT2D eigenvalue weighted by Crippen LogP contribution is 2.24. The summed E-state index contributed by atoms with van der Waals surface area (Å²) in [5.41, 5.74) is 7.87. The van der Waals surface area contributed by atoms with Gasteiger partial charge in [0.1, 0.15) is 11.6 Å². The van der Waals surface area contributed by atoms with E-state index in [1.807, 2.05) is 0 Å². The molecule has 0 aliphatic heterocycles. The number of anilines is 1. The SMILES string of the molecule is CC(Cc1nc(N)c2c(n1)CCC2)C(=O)O. The fraction of sp³-hybridized carbons (Fsp3) is 0.545. The van der Waals surface area contributed by atoms with Crippen LogP contribution in [0.25, 0.3) is 0 Å². The van der Waals surface area contributed by atoms with Crippen LogP contribution in [0.4, 0.5) is 5.82 Å². The number of hydrogen-bond donors (Lipinski definition) is 2. The molecular weight excluding hydrogens is 206 g/mol. The number of carbonyl (C=O) groups is 1. The Labute approximate surface area is 93.7 Å². The minimum Gasteiger partial charge on any atom is -0.481 e. The topological polar surface area (TPSA) is 89.1 Å². The molecule has 0 saturated heterocycles. The molecule has 5 nitrogen and oxygen atoms in total. The van der Waals surface area contributed by atoms with Gasteiger partial charge in [0.2, 0.25) is 0 Å². The van der Waals surface area contributed by atoms with Crippen molar-refractivity contribution in [3.63, 3.8) is 0 Å². The van der Waals surface area contributed by atoms with Crippen molar-refractivity contribution in [2.45, 2.75) is 32.6 Å². The third-order valence-corrected chi connectivity index (χ3v) is 2.92. The van der Waals surface area contributed by atoms with E-state index in [0.717, 1.165) is 30.5 Å². The molecule has 86 valence electrons. The third kappa shape index (κ3) is 1.98. The van der Waals surface area contributed by atoms with Gasteiger partial charge in [0.25, 0.3) is 0 Å². The van der Waals surface area contributed by atoms with Crippen molar-refractivity contribution in [2.75, 3.05) is 5.73 Å². The Morgan fingerprint density at radius 3 is 2.94 bits per heavy atom. The van der Waals surface area contributed by atoms with Crippen molar-refractivity contribution in [1.82, 2.24) is 9.97 Å². The molecule has 1 heterocycles. The number of fused-ring (bicyclic) bond motifs is 1. The Kier molecular flexibility index (Phi) is 2.77. The van der Waals surface area contributed by atoms with Crippen LogP contribution in [0.2, 0.25) is 0 Å². The van der Waals surface area contributed by atoms with Gasteiger partial charge in [-0.05, 0) is 19.3 Å². The predicted octanol–water partition coefficient (Wildman–Crippen LogP) is 0.811. The maximum Gasteiger partial charge on any atom is 0.306 e. The lowest BCUT2D eigenvalue weighted by Crippen LogP contribution is -2.15. The number of carboxylic acid groups (broad SMARTS) is 1. The maximum absolute atomic E-state index is 10.7. The van der Waals surface area contributed by atoms with E-state index in [2.05, 4.69) is 9.97 Å². The van der Waals surface area contributed by atoms with Crippen molar-refractivity contribution in [3.05, 3.63) is 17.1 Å². The van der Waals surface area contributed by atoms with Crippen LogP contribution in [0.5, 0.6) is 0 Å². The zero-order chi connectivity index (χ0) is 11.7. The van der Waals surface area contributed by atoms with Gasteiger partial charge < -0.3 is 10.8 Å². The molecule has 1 aliphatic carbocycles. The summed E-state index contributed by atoms with van der Waals surface area (Å²) >= 11 is 0. The first-order valence-electron chi connectivity index (χ1n) is 5.45. The Morgan fingerprint density at radius 2 is 2.25 bits per heavy atom. The fourth-order valence-electron chi connectivity index (χ4n) is 1.97. The first kappa shape index (κ1) is 10.9. The van der Waals surface area contributed by atoms with Crippen LogP contribution in [0.15, 0.2) is 0 Å². The molecule has 5 heteroatoms. The van der Waals surface area contributed by atoms with E-state index < -0.39 is 11.9 Å². The normalized spacial score (nSPS) is 15.8. The minimum absolute atomic E-state index is 0.340. The summed E-state index contributed by atoms with van der Waals surface area (Å²) in [6, 6.07) is 0. The lowest BCUT2D eigenvalue weighted by molar-refractivity contribution is -0.141. The van der Waals surface area contributed by atoms with E-state index >= 15 is 0 Å². The molecule has 0 saturated carbocycles. The van der Waals surface area contributed by atoms with Crippen LogP contribution in [0.1, 0.15) is 30.4 Å². The largest absolute Gasteiger partial charge is 0.481 e. The van der Waals surface area contributed by atoms with Gasteiger partial charge in [-0.1, -0.05) is 6.92 Å². The van der Waals surface area contributed by atoms with Crippen molar-refractivity contribution in [2.24, 2.45) is 5.92 Å². The van der Waals surface area contributed by atoms with E-state index in [-0.39, 0.29) is 0 Å². The van der Waals surface area contributed by atoms with Crippen molar-refractivity contribution in [3.8, 4) is 0 Å². The zero-order valence-electron chi connectivity index (χ0n) is 9.23. The number of hydrogen-bond acceptors (Lipinski definition) is 4. The summed E-state index contributed by atoms with van der Waals surface area (Å²) in [5.74, 6) is -0.232. The predicted molar refractivity (Wildman–Crippen MR) is 59.0 cm³/mol. The molecule has 16 heavy (non-hydrogen) atoms. The van der Waals surface area contributed by atoms with E-state index in [1.54, 1.807) is 6.92 Å². The van der Waals surface area contributed by atoms with Crippen LogP contribution in [0.3, 0.4) is 0 Å². The number of rotatable bonds is 3. The van der Waals surface area contributed by atoms with E-state index in [0.29, 0.717) is 18.1 Å². The summed E-state index contributed by atoms with van der Waals surface area (Å²) in [6.07, 6.45) is 3.27. The highest BCUT2D eigenvalue weighted by Gasteiger charge is 2.20. The molecule has 0 radical (unpaired) electrons. The lowest BCUT2D eigenvalue weighted by Gasteiger charge is -2.08. The molecule has 1 aromatic rings. The first-order chi connectivity index (χ1) is 7.58. The molecule has 1 aliphatic rings. The number of carboxylic acids is 1. The molecular formula is C11H15N3O2. The second-order valence-electron chi connectivity index (χ2n) is 4.25. The first-order valence-corrected chi connectivity index (χ1v) is 5.45. The van der Waals surface area contributed by atoms with Crippen LogP contribution in [0, 0.1) is 5.92 Å². The lowest BCUT2D eigenvalue weighted by atomic mass is 10.1. The number of nitrogen functional groups attached to an aromatic ring is 1. The summed E-state index contributed by atoms with van der Waals surface area (Å²) in [4.78, 5) is 19.3. The summed E-state index contributed by atoms with van der Waals surface area (Å²) < 4.78 is 0. The Bertz CT molecular complexity index is 431. The average molecular weight is 221 g/mol. The number of aryl methyl sites for hydroxylation is 1. The average Bonchev–Trinajstić information content (AvgIpc) is 2.65. The molecule has 1 aromatic heterocycles. The quantitative estimate of drug-likeness (QED) is 0.788. The highest BCUT2D eigenvalue weighted by atomic mass is 16.4. The molecule has 2 rings (SSSR count). The zero-order valence-corrected chi connectivity index (χ0v) is 9.23. The molecule has 1 atom stereocenters. The van der Waals surface area contributed by atoms with Crippen molar-refractivity contribution >= 4 is 11.8 Å². The van der Waals surface area contributed by atoms with Gasteiger partial charge in [0, 0.05) is 17.7 Å². The summed E-state index contributed by atoms with van der Waals surface area (Å²) in [6.45, 7) is 1.65. The van der Waals surface area contributed by atoms with Gasteiger partial charge in [-0.3, -0.25) is 4.79 Å². The summed E-state index contributed by atoms with van der Waals surface area (Å²) in [5, 5.41) is 8.82. The molecule has 0 aromatic carbocycles.